The quantitative estimate of drug-likeness (QED) is 0.782. The summed E-state index contributed by atoms with van der Waals surface area (Å²) in [6.45, 7) is 1.92. The number of aryl methyl sites for hydroxylation is 1. The van der Waals surface area contributed by atoms with Crippen LogP contribution < -0.4 is 11.1 Å². The van der Waals surface area contributed by atoms with Crippen LogP contribution in [0.15, 0.2) is 18.2 Å². The van der Waals surface area contributed by atoms with Crippen LogP contribution in [-0.2, 0) is 4.79 Å². The van der Waals surface area contributed by atoms with E-state index in [0.29, 0.717) is 0 Å². The molecule has 1 saturated carbocycles. The highest BCUT2D eigenvalue weighted by Gasteiger charge is 2.25. The topological polar surface area (TPSA) is 83.8 Å². The summed E-state index contributed by atoms with van der Waals surface area (Å²) in [5, 5.41) is 2.99. The molecule has 0 radical (unpaired) electrons. The van der Waals surface area contributed by atoms with Gasteiger partial charge in [0.1, 0.15) is 5.82 Å². The van der Waals surface area contributed by atoms with Crippen molar-refractivity contribution in [1.82, 2.24) is 9.97 Å². The van der Waals surface area contributed by atoms with E-state index in [1.165, 1.54) is 0 Å². The number of anilines is 1. The molecule has 1 heterocycles. The Labute approximate surface area is 142 Å². The standard InChI is InChI=1S/C15H20N4O.2ClH/c1-9-17-13-6-5-12(8-14(13)18-9)19-15(20)10-3-2-4-11(16)7-10;;/h5-6,8,10-11H,2-4,7,16H2,1H3,(H,17,18)(H,19,20);2*1H. The van der Waals surface area contributed by atoms with Crippen molar-refractivity contribution in [2.24, 2.45) is 11.7 Å². The number of imidazole rings is 1. The van der Waals surface area contributed by atoms with Gasteiger partial charge in [-0.25, -0.2) is 4.98 Å². The SMILES string of the molecule is Cc1nc2ccc(NC(=O)C3CCCC(N)C3)cc2[nH]1.Cl.Cl. The molecule has 122 valence electrons. The number of nitrogens with zero attached hydrogens (tertiary/aromatic N) is 1. The number of aromatic amines is 1. The molecule has 2 atom stereocenters. The maximum Gasteiger partial charge on any atom is 0.227 e. The van der Waals surface area contributed by atoms with Crippen LogP contribution >= 0.6 is 24.8 Å². The van der Waals surface area contributed by atoms with E-state index in [9.17, 15) is 4.79 Å². The van der Waals surface area contributed by atoms with Gasteiger partial charge in [-0.3, -0.25) is 4.79 Å². The number of carbonyl (C=O) groups is 1. The molecule has 1 aliphatic rings. The smallest absolute Gasteiger partial charge is 0.227 e. The van der Waals surface area contributed by atoms with Gasteiger partial charge in [0.25, 0.3) is 0 Å². The van der Waals surface area contributed by atoms with Crippen LogP contribution in [0.2, 0.25) is 0 Å². The lowest BCUT2D eigenvalue weighted by atomic mass is 9.85. The molecule has 1 amide bonds. The summed E-state index contributed by atoms with van der Waals surface area (Å²) >= 11 is 0. The van der Waals surface area contributed by atoms with Gasteiger partial charge in [0.05, 0.1) is 11.0 Å². The summed E-state index contributed by atoms with van der Waals surface area (Å²) in [6.07, 6.45) is 3.80. The molecule has 4 N–H and O–H groups in total. The average Bonchev–Trinajstić information content (AvgIpc) is 2.78. The predicted molar refractivity (Wildman–Crippen MR) is 93.9 cm³/mol. The van der Waals surface area contributed by atoms with E-state index in [1.807, 2.05) is 25.1 Å². The van der Waals surface area contributed by atoms with E-state index >= 15 is 0 Å². The maximum absolute atomic E-state index is 12.3. The van der Waals surface area contributed by atoms with E-state index in [4.69, 9.17) is 5.73 Å². The number of aromatic nitrogens is 2. The summed E-state index contributed by atoms with van der Waals surface area (Å²) in [7, 11) is 0. The molecule has 1 aromatic carbocycles. The summed E-state index contributed by atoms with van der Waals surface area (Å²) in [4.78, 5) is 19.8. The third-order valence-corrected chi connectivity index (χ3v) is 3.95. The molecule has 5 nitrogen and oxygen atoms in total. The number of carbonyl (C=O) groups excluding carboxylic acids is 1. The lowest BCUT2D eigenvalue weighted by Gasteiger charge is -2.25. The number of benzene rings is 1. The first-order valence-electron chi connectivity index (χ1n) is 7.14. The number of hydrogen-bond donors (Lipinski definition) is 3. The average molecular weight is 345 g/mol. The Hall–Kier alpha value is -1.30. The van der Waals surface area contributed by atoms with Crippen LogP contribution in [0.5, 0.6) is 0 Å². The summed E-state index contributed by atoms with van der Waals surface area (Å²) < 4.78 is 0. The van der Waals surface area contributed by atoms with Crippen LogP contribution in [0, 0.1) is 12.8 Å². The Morgan fingerprint density at radius 2 is 2.14 bits per heavy atom. The lowest BCUT2D eigenvalue weighted by Crippen LogP contribution is -2.34. The van der Waals surface area contributed by atoms with Crippen LogP contribution in [0.3, 0.4) is 0 Å². The highest BCUT2D eigenvalue weighted by atomic mass is 35.5. The number of halogens is 2. The molecule has 0 bridgehead atoms. The summed E-state index contributed by atoms with van der Waals surface area (Å²) in [5.41, 5.74) is 8.61. The first-order valence-corrected chi connectivity index (χ1v) is 7.14. The van der Waals surface area contributed by atoms with E-state index in [0.717, 1.165) is 48.2 Å². The van der Waals surface area contributed by atoms with Crippen LogP contribution in [-0.4, -0.2) is 21.9 Å². The van der Waals surface area contributed by atoms with Crippen LogP contribution in [0.1, 0.15) is 31.5 Å². The number of H-pyrrole nitrogens is 1. The summed E-state index contributed by atoms with van der Waals surface area (Å²) in [6, 6.07) is 5.90. The van der Waals surface area contributed by atoms with Crippen molar-refractivity contribution in [2.75, 3.05) is 5.32 Å². The first-order chi connectivity index (χ1) is 9.61. The molecule has 1 aliphatic carbocycles. The van der Waals surface area contributed by atoms with Crippen molar-refractivity contribution in [2.45, 2.75) is 38.6 Å². The number of nitrogens with one attached hydrogen (secondary N) is 2. The molecular formula is C15H22Cl2N4O. The fraction of sp³-hybridized carbons (Fsp3) is 0.467. The molecule has 7 heteroatoms. The highest BCUT2D eigenvalue weighted by Crippen LogP contribution is 2.25. The minimum Gasteiger partial charge on any atom is -0.342 e. The Morgan fingerprint density at radius 1 is 1.36 bits per heavy atom. The minimum atomic E-state index is 0. The number of hydrogen-bond acceptors (Lipinski definition) is 3. The van der Waals surface area contributed by atoms with Crippen LogP contribution in [0.4, 0.5) is 5.69 Å². The molecule has 2 unspecified atom stereocenters. The molecular weight excluding hydrogens is 323 g/mol. The fourth-order valence-electron chi connectivity index (χ4n) is 2.92. The zero-order valence-electron chi connectivity index (χ0n) is 12.5. The second kappa shape index (κ2) is 7.81. The largest absolute Gasteiger partial charge is 0.342 e. The van der Waals surface area contributed by atoms with Crippen molar-refractivity contribution >= 4 is 47.4 Å². The Kier molecular flexibility index (Phi) is 6.66. The first kappa shape index (κ1) is 18.7. The van der Waals surface area contributed by atoms with Gasteiger partial charge in [0.15, 0.2) is 0 Å². The van der Waals surface area contributed by atoms with Crippen LogP contribution in [0.25, 0.3) is 11.0 Å². The van der Waals surface area contributed by atoms with Crippen molar-refractivity contribution in [3.63, 3.8) is 0 Å². The molecule has 1 fully saturated rings. The minimum absolute atomic E-state index is 0. The third-order valence-electron chi connectivity index (χ3n) is 3.95. The van der Waals surface area contributed by atoms with Gasteiger partial charge in [-0.05, 0) is 44.4 Å². The molecule has 1 aromatic heterocycles. The molecule has 0 spiro atoms. The highest BCUT2D eigenvalue weighted by molar-refractivity contribution is 5.94. The van der Waals surface area contributed by atoms with E-state index in [2.05, 4.69) is 15.3 Å². The second-order valence-corrected chi connectivity index (χ2v) is 5.67. The zero-order chi connectivity index (χ0) is 14.1. The van der Waals surface area contributed by atoms with Crippen molar-refractivity contribution in [3.8, 4) is 0 Å². The lowest BCUT2D eigenvalue weighted by molar-refractivity contribution is -0.120. The summed E-state index contributed by atoms with van der Waals surface area (Å²) in [5.74, 6) is 0.996. The van der Waals surface area contributed by atoms with Crippen molar-refractivity contribution in [3.05, 3.63) is 24.0 Å². The predicted octanol–water partition coefficient (Wildman–Crippen LogP) is 3.17. The Bertz CT molecular complexity index is 644. The van der Waals surface area contributed by atoms with Gasteiger partial charge in [-0.2, -0.15) is 0 Å². The van der Waals surface area contributed by atoms with Gasteiger partial charge in [-0.1, -0.05) is 6.42 Å². The monoisotopic (exact) mass is 344 g/mol. The molecule has 0 aliphatic heterocycles. The Balaban J connectivity index is 0.00000121. The number of rotatable bonds is 2. The van der Waals surface area contributed by atoms with Gasteiger partial charge in [0, 0.05) is 17.6 Å². The van der Waals surface area contributed by atoms with E-state index in [-0.39, 0.29) is 42.7 Å². The second-order valence-electron chi connectivity index (χ2n) is 5.67. The van der Waals surface area contributed by atoms with Gasteiger partial charge in [0.2, 0.25) is 5.91 Å². The number of nitrogens with two attached hydrogens (primary N) is 1. The Morgan fingerprint density at radius 3 is 2.86 bits per heavy atom. The third kappa shape index (κ3) is 4.12. The van der Waals surface area contributed by atoms with E-state index in [1.54, 1.807) is 0 Å². The number of amides is 1. The fourth-order valence-corrected chi connectivity index (χ4v) is 2.92. The van der Waals surface area contributed by atoms with Crippen molar-refractivity contribution < 1.29 is 4.79 Å². The van der Waals surface area contributed by atoms with Gasteiger partial charge >= 0.3 is 0 Å². The molecule has 3 rings (SSSR count). The zero-order valence-corrected chi connectivity index (χ0v) is 14.1. The molecule has 0 saturated heterocycles. The molecule has 22 heavy (non-hydrogen) atoms. The molecule has 2 aromatic rings. The van der Waals surface area contributed by atoms with Gasteiger partial charge in [-0.15, -0.1) is 24.8 Å². The van der Waals surface area contributed by atoms with E-state index < -0.39 is 0 Å². The van der Waals surface area contributed by atoms with Gasteiger partial charge < -0.3 is 16.0 Å². The normalized spacial score (nSPS) is 20.8. The maximum atomic E-state index is 12.3. The number of fused-ring (bicyclic) bond motifs is 1. The van der Waals surface area contributed by atoms with Crippen molar-refractivity contribution in [1.29, 1.82) is 0 Å².